The molecule has 37 heavy (non-hydrogen) atoms. The predicted octanol–water partition coefficient (Wildman–Crippen LogP) is 5.93. The maximum atomic E-state index is 13.7. The van der Waals surface area contributed by atoms with Crippen LogP contribution >= 0.6 is 11.6 Å². The van der Waals surface area contributed by atoms with Gasteiger partial charge in [-0.1, -0.05) is 41.9 Å². The van der Waals surface area contributed by atoms with E-state index in [2.05, 4.69) is 10.6 Å². The number of hydrogen-bond acceptors (Lipinski definition) is 6. The fourth-order valence-corrected chi connectivity index (χ4v) is 4.60. The van der Waals surface area contributed by atoms with Crippen LogP contribution in [0, 0.1) is 0 Å². The molecule has 1 aromatic heterocycles. The number of amides is 1. The van der Waals surface area contributed by atoms with E-state index in [1.165, 1.54) is 0 Å². The van der Waals surface area contributed by atoms with E-state index in [0.717, 1.165) is 16.9 Å². The van der Waals surface area contributed by atoms with E-state index in [0.29, 0.717) is 46.1 Å². The van der Waals surface area contributed by atoms with Crippen molar-refractivity contribution in [1.82, 2.24) is 14.8 Å². The maximum Gasteiger partial charge on any atom is 0.255 e. The van der Waals surface area contributed by atoms with Gasteiger partial charge in [0.25, 0.3) is 5.91 Å². The van der Waals surface area contributed by atoms with E-state index in [1.54, 1.807) is 30.0 Å². The zero-order valence-electron chi connectivity index (χ0n) is 20.7. The van der Waals surface area contributed by atoms with Gasteiger partial charge in [-0.15, -0.1) is 5.10 Å². The van der Waals surface area contributed by atoms with Gasteiger partial charge in [0.1, 0.15) is 17.5 Å². The summed E-state index contributed by atoms with van der Waals surface area (Å²) in [5.74, 6) is 2.06. The van der Waals surface area contributed by atoms with Gasteiger partial charge in [-0.3, -0.25) is 4.79 Å². The number of halogens is 1. The number of ether oxygens (including phenoxy) is 2. The Morgan fingerprint density at radius 2 is 1.81 bits per heavy atom. The molecule has 0 radical (unpaired) electrons. The molecule has 0 saturated carbocycles. The quantitative estimate of drug-likeness (QED) is 0.317. The lowest BCUT2D eigenvalue weighted by atomic mass is 9.95. The summed E-state index contributed by atoms with van der Waals surface area (Å²) in [6, 6.07) is 21.7. The number of fused-ring (bicyclic) bond motifs is 1. The summed E-state index contributed by atoms with van der Waals surface area (Å²) < 4.78 is 12.7. The van der Waals surface area contributed by atoms with E-state index < -0.39 is 6.04 Å². The van der Waals surface area contributed by atoms with Crippen molar-refractivity contribution in [1.29, 1.82) is 0 Å². The molecular weight excluding hydrogens is 490 g/mol. The number of hydrogen-bond donors (Lipinski definition) is 2. The molecule has 2 heterocycles. The Labute approximate surface area is 219 Å². The summed E-state index contributed by atoms with van der Waals surface area (Å²) in [4.78, 5) is 18.5. The number of aromatic nitrogens is 3. The van der Waals surface area contributed by atoms with Crippen molar-refractivity contribution >= 4 is 29.1 Å². The first kappa shape index (κ1) is 24.4. The van der Waals surface area contributed by atoms with Crippen LogP contribution in [0.15, 0.2) is 84.1 Å². The van der Waals surface area contributed by atoms with Gasteiger partial charge in [0.05, 0.1) is 25.0 Å². The van der Waals surface area contributed by atoms with Gasteiger partial charge in [0.2, 0.25) is 5.95 Å². The molecule has 1 aliphatic rings. The number of carbonyl (C=O) groups is 1. The second-order valence-corrected chi connectivity index (χ2v) is 8.81. The Morgan fingerprint density at radius 3 is 2.54 bits per heavy atom. The zero-order valence-corrected chi connectivity index (χ0v) is 21.4. The van der Waals surface area contributed by atoms with Crippen LogP contribution in [0.25, 0.3) is 11.4 Å². The summed E-state index contributed by atoms with van der Waals surface area (Å²) in [5.41, 5.74) is 3.24. The fraction of sp³-hybridized carbons (Fsp3) is 0.179. The van der Waals surface area contributed by atoms with Crippen LogP contribution in [-0.2, 0) is 4.79 Å². The third-order valence-electron chi connectivity index (χ3n) is 6.08. The van der Waals surface area contributed by atoms with Crippen molar-refractivity contribution in [2.75, 3.05) is 24.4 Å². The van der Waals surface area contributed by atoms with E-state index >= 15 is 0 Å². The smallest absolute Gasteiger partial charge is 0.255 e. The Bertz CT molecular complexity index is 1480. The number of nitrogens with zero attached hydrogens (tertiary/aromatic N) is 3. The molecule has 5 rings (SSSR count). The Hall–Kier alpha value is -4.30. The third-order valence-corrected chi connectivity index (χ3v) is 6.42. The molecule has 1 atom stereocenters. The Kier molecular flexibility index (Phi) is 6.83. The van der Waals surface area contributed by atoms with Crippen LogP contribution in [0.5, 0.6) is 11.5 Å². The van der Waals surface area contributed by atoms with Crippen LogP contribution < -0.4 is 20.1 Å². The van der Waals surface area contributed by atoms with Crippen LogP contribution in [0.2, 0.25) is 5.02 Å². The van der Waals surface area contributed by atoms with Gasteiger partial charge < -0.3 is 20.1 Å². The van der Waals surface area contributed by atoms with E-state index in [1.807, 2.05) is 68.4 Å². The number of anilines is 2. The van der Waals surface area contributed by atoms with Crippen molar-refractivity contribution in [2.45, 2.75) is 19.9 Å². The lowest BCUT2D eigenvalue weighted by molar-refractivity contribution is -0.113. The van der Waals surface area contributed by atoms with Crippen molar-refractivity contribution in [2.24, 2.45) is 0 Å². The Balaban J connectivity index is 1.58. The van der Waals surface area contributed by atoms with E-state index in [4.69, 9.17) is 31.2 Å². The lowest BCUT2D eigenvalue weighted by Gasteiger charge is -2.29. The molecule has 0 saturated heterocycles. The van der Waals surface area contributed by atoms with E-state index in [9.17, 15) is 4.79 Å². The predicted molar refractivity (Wildman–Crippen MR) is 144 cm³/mol. The second-order valence-electron chi connectivity index (χ2n) is 8.40. The van der Waals surface area contributed by atoms with Gasteiger partial charge in [0, 0.05) is 21.8 Å². The molecule has 9 heteroatoms. The van der Waals surface area contributed by atoms with Crippen molar-refractivity contribution in [3.63, 3.8) is 0 Å². The highest BCUT2D eigenvalue weighted by atomic mass is 35.5. The number of nitrogens with one attached hydrogen (secondary N) is 2. The minimum Gasteiger partial charge on any atom is -0.495 e. The standard InChI is InChI=1S/C28H26ClN5O3/c1-4-37-19-15-13-18(14-16-19)26-32-28-30-17(2)24(27(35)31-22-11-7-8-12-23(22)36-3)25(34(28)33-26)20-9-5-6-10-21(20)29/h5-16,25H,4H2,1-3H3,(H,31,35)(H,30,32,33). The van der Waals surface area contributed by atoms with Crippen LogP contribution in [0.4, 0.5) is 11.6 Å². The van der Waals surface area contributed by atoms with Gasteiger partial charge in [-0.25, -0.2) is 4.68 Å². The average molecular weight is 516 g/mol. The monoisotopic (exact) mass is 515 g/mol. The lowest BCUT2D eigenvalue weighted by Crippen LogP contribution is -2.31. The molecule has 188 valence electrons. The summed E-state index contributed by atoms with van der Waals surface area (Å²) in [6.45, 7) is 4.37. The average Bonchev–Trinajstić information content (AvgIpc) is 3.33. The van der Waals surface area contributed by atoms with Gasteiger partial charge in [-0.05, 0) is 56.3 Å². The Morgan fingerprint density at radius 1 is 1.08 bits per heavy atom. The second kappa shape index (κ2) is 10.4. The molecule has 0 fully saturated rings. The minimum absolute atomic E-state index is 0.303. The molecule has 3 aromatic carbocycles. The number of rotatable bonds is 7. The molecule has 0 spiro atoms. The number of para-hydroxylation sites is 2. The number of benzene rings is 3. The molecule has 0 aliphatic carbocycles. The van der Waals surface area contributed by atoms with Gasteiger partial charge in [-0.2, -0.15) is 4.98 Å². The molecule has 1 aliphatic heterocycles. The molecule has 2 N–H and O–H groups in total. The zero-order chi connectivity index (χ0) is 25.9. The van der Waals surface area contributed by atoms with Crippen LogP contribution in [0.3, 0.4) is 0 Å². The molecule has 1 unspecified atom stereocenters. The number of allylic oxidation sites excluding steroid dienone is 1. The molecule has 1 amide bonds. The first-order valence-corrected chi connectivity index (χ1v) is 12.2. The SMILES string of the molecule is CCOc1ccc(-c2nc3n(n2)C(c2ccccc2Cl)C(C(=O)Nc2ccccc2OC)=C(C)N3)cc1. The molecule has 0 bridgehead atoms. The number of methoxy groups -OCH3 is 1. The fourth-order valence-electron chi connectivity index (χ4n) is 4.36. The summed E-state index contributed by atoms with van der Waals surface area (Å²) in [5, 5.41) is 11.6. The largest absolute Gasteiger partial charge is 0.495 e. The van der Waals surface area contributed by atoms with Crippen LogP contribution in [0.1, 0.15) is 25.5 Å². The normalized spacial score (nSPS) is 14.5. The highest BCUT2D eigenvalue weighted by Crippen LogP contribution is 2.39. The number of carbonyl (C=O) groups excluding carboxylic acids is 1. The molecular formula is C28H26ClN5O3. The highest BCUT2D eigenvalue weighted by Gasteiger charge is 2.35. The first-order chi connectivity index (χ1) is 18.0. The van der Waals surface area contributed by atoms with E-state index in [-0.39, 0.29) is 5.91 Å². The first-order valence-electron chi connectivity index (χ1n) is 11.9. The highest BCUT2D eigenvalue weighted by molar-refractivity contribution is 6.31. The third kappa shape index (κ3) is 4.75. The van der Waals surface area contributed by atoms with Gasteiger partial charge >= 0.3 is 0 Å². The molecule has 4 aromatic rings. The van der Waals surface area contributed by atoms with Crippen molar-refractivity contribution in [3.05, 3.63) is 94.7 Å². The topological polar surface area (TPSA) is 90.3 Å². The van der Waals surface area contributed by atoms with Crippen LogP contribution in [-0.4, -0.2) is 34.4 Å². The van der Waals surface area contributed by atoms with Crippen molar-refractivity contribution < 1.29 is 14.3 Å². The maximum absolute atomic E-state index is 13.7. The summed E-state index contributed by atoms with van der Waals surface area (Å²) in [7, 11) is 1.56. The van der Waals surface area contributed by atoms with Crippen molar-refractivity contribution in [3.8, 4) is 22.9 Å². The minimum atomic E-state index is -0.608. The summed E-state index contributed by atoms with van der Waals surface area (Å²) >= 11 is 6.65. The summed E-state index contributed by atoms with van der Waals surface area (Å²) in [6.07, 6.45) is 0. The molecule has 8 nitrogen and oxygen atoms in total. The van der Waals surface area contributed by atoms with Gasteiger partial charge in [0.15, 0.2) is 5.82 Å².